The standard InChI is InChI=1S/C19H22N4O2/c1-4-20-9-10-21-18(24)15-11-16(14-7-5-12(2)6-8-14)22-19-17(15)13(3)23-25-19/h5-8,11,20H,4,9-10H2,1-3H3,(H,21,24). The van der Waals surface area contributed by atoms with Crippen LogP contribution in [0.4, 0.5) is 0 Å². The van der Waals surface area contributed by atoms with Crippen molar-refractivity contribution in [2.24, 2.45) is 0 Å². The van der Waals surface area contributed by atoms with Gasteiger partial charge in [-0.1, -0.05) is 41.9 Å². The van der Waals surface area contributed by atoms with E-state index in [0.717, 1.165) is 18.7 Å². The molecule has 2 heterocycles. The predicted octanol–water partition coefficient (Wildman–Crippen LogP) is 2.85. The number of carbonyl (C=O) groups is 1. The second kappa shape index (κ2) is 7.44. The Labute approximate surface area is 146 Å². The Morgan fingerprint density at radius 1 is 1.16 bits per heavy atom. The molecule has 1 amide bonds. The van der Waals surface area contributed by atoms with Gasteiger partial charge in [-0.2, -0.15) is 0 Å². The van der Waals surface area contributed by atoms with Crippen molar-refractivity contribution in [1.29, 1.82) is 0 Å². The van der Waals surface area contributed by atoms with Crippen molar-refractivity contribution in [1.82, 2.24) is 20.8 Å². The molecule has 6 heteroatoms. The molecule has 0 saturated carbocycles. The Bertz CT molecular complexity index is 884. The summed E-state index contributed by atoms with van der Waals surface area (Å²) < 4.78 is 5.31. The maximum Gasteiger partial charge on any atom is 0.259 e. The highest BCUT2D eigenvalue weighted by molar-refractivity contribution is 6.07. The van der Waals surface area contributed by atoms with Gasteiger partial charge in [0.2, 0.25) is 0 Å². The largest absolute Gasteiger partial charge is 0.351 e. The molecule has 0 spiro atoms. The summed E-state index contributed by atoms with van der Waals surface area (Å²) in [5.74, 6) is -0.148. The molecule has 2 aromatic heterocycles. The first-order chi connectivity index (χ1) is 12.1. The van der Waals surface area contributed by atoms with Gasteiger partial charge in [0.05, 0.1) is 22.3 Å². The zero-order chi connectivity index (χ0) is 17.8. The van der Waals surface area contributed by atoms with Gasteiger partial charge in [-0.25, -0.2) is 4.98 Å². The zero-order valence-electron chi connectivity index (χ0n) is 14.7. The summed E-state index contributed by atoms with van der Waals surface area (Å²) in [5, 5.41) is 10.7. The van der Waals surface area contributed by atoms with Crippen LogP contribution in [0, 0.1) is 13.8 Å². The summed E-state index contributed by atoms with van der Waals surface area (Å²) in [4.78, 5) is 17.2. The Morgan fingerprint density at radius 3 is 2.64 bits per heavy atom. The van der Waals surface area contributed by atoms with Crippen LogP contribution in [0.25, 0.3) is 22.4 Å². The van der Waals surface area contributed by atoms with Crippen molar-refractivity contribution >= 4 is 17.0 Å². The molecule has 6 nitrogen and oxygen atoms in total. The first-order valence-electron chi connectivity index (χ1n) is 8.43. The van der Waals surface area contributed by atoms with Crippen LogP contribution in [-0.4, -0.2) is 35.7 Å². The average molecular weight is 338 g/mol. The van der Waals surface area contributed by atoms with Gasteiger partial charge in [0.1, 0.15) is 0 Å². The Morgan fingerprint density at radius 2 is 1.92 bits per heavy atom. The number of rotatable bonds is 6. The van der Waals surface area contributed by atoms with E-state index in [1.165, 1.54) is 5.56 Å². The third-order valence-electron chi connectivity index (χ3n) is 4.05. The second-order valence-electron chi connectivity index (χ2n) is 5.98. The fourth-order valence-electron chi connectivity index (χ4n) is 2.68. The number of pyridine rings is 1. The lowest BCUT2D eigenvalue weighted by Crippen LogP contribution is -2.31. The van der Waals surface area contributed by atoms with Gasteiger partial charge in [-0.15, -0.1) is 0 Å². The molecule has 25 heavy (non-hydrogen) atoms. The molecule has 1 aromatic carbocycles. The van der Waals surface area contributed by atoms with Gasteiger partial charge in [-0.3, -0.25) is 4.79 Å². The third kappa shape index (κ3) is 3.69. The van der Waals surface area contributed by atoms with Crippen molar-refractivity contribution in [3.63, 3.8) is 0 Å². The van der Waals surface area contributed by atoms with Crippen molar-refractivity contribution < 1.29 is 9.32 Å². The maximum absolute atomic E-state index is 12.7. The predicted molar refractivity (Wildman–Crippen MR) is 97.6 cm³/mol. The molecule has 0 unspecified atom stereocenters. The molecule has 0 saturated heterocycles. The average Bonchev–Trinajstić information content (AvgIpc) is 2.99. The summed E-state index contributed by atoms with van der Waals surface area (Å²) >= 11 is 0. The molecule has 2 N–H and O–H groups in total. The lowest BCUT2D eigenvalue weighted by molar-refractivity contribution is 0.0955. The number of nitrogens with one attached hydrogen (secondary N) is 2. The van der Waals surface area contributed by atoms with Gasteiger partial charge in [0.15, 0.2) is 0 Å². The van der Waals surface area contributed by atoms with Crippen LogP contribution in [0.15, 0.2) is 34.9 Å². The van der Waals surface area contributed by atoms with E-state index in [1.807, 2.05) is 45.0 Å². The lowest BCUT2D eigenvalue weighted by Gasteiger charge is -2.09. The molecule has 0 aliphatic heterocycles. The normalized spacial score (nSPS) is 11.0. The highest BCUT2D eigenvalue weighted by Crippen LogP contribution is 2.27. The number of benzene rings is 1. The highest BCUT2D eigenvalue weighted by atomic mass is 16.5. The van der Waals surface area contributed by atoms with E-state index >= 15 is 0 Å². The summed E-state index contributed by atoms with van der Waals surface area (Å²) in [6.07, 6.45) is 0. The van der Waals surface area contributed by atoms with E-state index in [0.29, 0.717) is 34.6 Å². The minimum atomic E-state index is -0.148. The van der Waals surface area contributed by atoms with Crippen molar-refractivity contribution in [2.75, 3.05) is 19.6 Å². The topological polar surface area (TPSA) is 80.0 Å². The van der Waals surface area contributed by atoms with Crippen molar-refractivity contribution in [2.45, 2.75) is 20.8 Å². The van der Waals surface area contributed by atoms with Gasteiger partial charge in [0.25, 0.3) is 11.6 Å². The Kier molecular flexibility index (Phi) is 5.09. The monoisotopic (exact) mass is 338 g/mol. The SMILES string of the molecule is CCNCCNC(=O)c1cc(-c2ccc(C)cc2)nc2onc(C)c12. The first-order valence-corrected chi connectivity index (χ1v) is 8.43. The molecule has 0 bridgehead atoms. The third-order valence-corrected chi connectivity index (χ3v) is 4.05. The van der Waals surface area contributed by atoms with Gasteiger partial charge in [0, 0.05) is 18.7 Å². The number of likely N-dealkylation sites (N-methyl/N-ethyl adjacent to an activating group) is 1. The summed E-state index contributed by atoms with van der Waals surface area (Å²) in [6.45, 7) is 8.03. The van der Waals surface area contributed by atoms with Crippen LogP contribution in [0.1, 0.15) is 28.5 Å². The molecule has 0 aliphatic carbocycles. The van der Waals surface area contributed by atoms with Gasteiger partial charge < -0.3 is 15.2 Å². The number of aromatic nitrogens is 2. The fourth-order valence-corrected chi connectivity index (χ4v) is 2.68. The quantitative estimate of drug-likeness (QED) is 0.676. The maximum atomic E-state index is 12.7. The summed E-state index contributed by atoms with van der Waals surface area (Å²) in [7, 11) is 0. The minimum Gasteiger partial charge on any atom is -0.351 e. The van der Waals surface area contributed by atoms with Crippen LogP contribution in [0.3, 0.4) is 0 Å². The summed E-state index contributed by atoms with van der Waals surface area (Å²) in [6, 6.07) is 9.81. The van der Waals surface area contributed by atoms with Crippen LogP contribution in [0.5, 0.6) is 0 Å². The van der Waals surface area contributed by atoms with Gasteiger partial charge >= 0.3 is 0 Å². The van der Waals surface area contributed by atoms with E-state index in [1.54, 1.807) is 6.07 Å². The molecule has 3 rings (SSSR count). The molecule has 0 aliphatic rings. The number of hydrogen-bond acceptors (Lipinski definition) is 5. The first kappa shape index (κ1) is 17.1. The fraction of sp³-hybridized carbons (Fsp3) is 0.316. The molecule has 0 atom stereocenters. The van der Waals surface area contributed by atoms with Crippen molar-refractivity contribution in [3.8, 4) is 11.3 Å². The summed E-state index contributed by atoms with van der Waals surface area (Å²) in [5.41, 5.74) is 4.38. The van der Waals surface area contributed by atoms with E-state index in [2.05, 4.69) is 20.8 Å². The second-order valence-corrected chi connectivity index (χ2v) is 5.98. The van der Waals surface area contributed by atoms with E-state index in [4.69, 9.17) is 4.52 Å². The zero-order valence-corrected chi connectivity index (χ0v) is 14.7. The number of aryl methyl sites for hydroxylation is 2. The van der Waals surface area contributed by atoms with E-state index < -0.39 is 0 Å². The number of nitrogens with zero attached hydrogens (tertiary/aromatic N) is 2. The number of carbonyl (C=O) groups excluding carboxylic acids is 1. The van der Waals surface area contributed by atoms with Crippen molar-refractivity contribution in [3.05, 3.63) is 47.2 Å². The Hall–Kier alpha value is -2.73. The smallest absolute Gasteiger partial charge is 0.259 e. The van der Waals surface area contributed by atoms with Crippen LogP contribution in [0.2, 0.25) is 0 Å². The number of hydrogen-bond donors (Lipinski definition) is 2. The molecule has 0 fully saturated rings. The molecular weight excluding hydrogens is 316 g/mol. The molecule has 3 aromatic rings. The van der Waals surface area contributed by atoms with E-state index in [9.17, 15) is 4.79 Å². The van der Waals surface area contributed by atoms with Crippen LogP contribution in [-0.2, 0) is 0 Å². The lowest BCUT2D eigenvalue weighted by atomic mass is 10.0. The van der Waals surface area contributed by atoms with Gasteiger partial charge in [-0.05, 0) is 26.5 Å². The molecule has 0 radical (unpaired) electrons. The van der Waals surface area contributed by atoms with Crippen LogP contribution < -0.4 is 10.6 Å². The minimum absolute atomic E-state index is 0.148. The molecule has 130 valence electrons. The number of fused-ring (bicyclic) bond motifs is 1. The molecular formula is C19H22N4O2. The van der Waals surface area contributed by atoms with Crippen LogP contribution >= 0.6 is 0 Å². The van der Waals surface area contributed by atoms with E-state index in [-0.39, 0.29) is 5.91 Å². The Balaban J connectivity index is 1.98. The highest BCUT2D eigenvalue weighted by Gasteiger charge is 2.19. The number of amides is 1.